The molecule has 2 aliphatic rings. The summed E-state index contributed by atoms with van der Waals surface area (Å²) in [6, 6.07) is 7.88. The molecule has 0 radical (unpaired) electrons. The zero-order valence-corrected chi connectivity index (χ0v) is 13.9. The Hall–Kier alpha value is -1.66. The van der Waals surface area contributed by atoms with Gasteiger partial charge >= 0.3 is 0 Å². The lowest BCUT2D eigenvalue weighted by atomic mass is 9.98. The third-order valence-electron chi connectivity index (χ3n) is 4.43. The highest BCUT2D eigenvalue weighted by atomic mass is 32.2. The average Bonchev–Trinajstić information content (AvgIpc) is 2.96. The van der Waals surface area contributed by atoms with Crippen LogP contribution in [0.3, 0.4) is 0 Å². The maximum atomic E-state index is 12.4. The fraction of sp³-hybridized carbons (Fsp3) is 0.471. The minimum Gasteiger partial charge on any atom is -0.343 e. The number of carbonyl (C=O) groups excluding carboxylic acids is 1. The molecule has 1 saturated heterocycles. The smallest absolute Gasteiger partial charge is 0.236 e. The normalized spacial score (nSPS) is 18.0. The predicted octanol–water partition coefficient (Wildman–Crippen LogP) is 1.91. The first-order valence-corrected chi connectivity index (χ1v) is 9.60. The van der Waals surface area contributed by atoms with Crippen molar-refractivity contribution in [2.45, 2.75) is 32.1 Å². The number of rotatable bonds is 6. The summed E-state index contributed by atoms with van der Waals surface area (Å²) in [6.07, 6.45) is 5.25. The van der Waals surface area contributed by atoms with Gasteiger partial charge in [-0.1, -0.05) is 24.3 Å². The second-order valence-electron chi connectivity index (χ2n) is 6.05. The van der Waals surface area contributed by atoms with Crippen LogP contribution in [-0.4, -0.2) is 38.9 Å². The quantitative estimate of drug-likeness (QED) is 0.808. The van der Waals surface area contributed by atoms with E-state index >= 15 is 0 Å². The summed E-state index contributed by atoms with van der Waals surface area (Å²) in [5.74, 6) is 0.180. The summed E-state index contributed by atoms with van der Waals surface area (Å²) in [4.78, 5) is 13.8. The van der Waals surface area contributed by atoms with E-state index in [1.165, 1.54) is 5.56 Å². The third-order valence-corrected chi connectivity index (χ3v) is 6.02. The molecule has 0 bridgehead atoms. The molecule has 0 unspecified atom stereocenters. The fourth-order valence-corrected chi connectivity index (χ4v) is 4.38. The van der Waals surface area contributed by atoms with Crippen LogP contribution >= 0.6 is 0 Å². The molecule has 6 heteroatoms. The van der Waals surface area contributed by atoms with Gasteiger partial charge in [0.2, 0.25) is 15.9 Å². The lowest BCUT2D eigenvalue weighted by molar-refractivity contribution is -0.127. The number of nitrogens with one attached hydrogen (secondary N) is 1. The monoisotopic (exact) mass is 334 g/mol. The van der Waals surface area contributed by atoms with Crippen LogP contribution in [0.15, 0.2) is 29.2 Å². The van der Waals surface area contributed by atoms with Gasteiger partial charge in [0.25, 0.3) is 0 Å². The van der Waals surface area contributed by atoms with Gasteiger partial charge in [0.1, 0.15) is 0 Å². The van der Waals surface area contributed by atoms with E-state index in [9.17, 15) is 13.2 Å². The van der Waals surface area contributed by atoms with Crippen LogP contribution in [0.2, 0.25) is 0 Å². The van der Waals surface area contributed by atoms with Gasteiger partial charge in [0, 0.05) is 26.1 Å². The number of amides is 1. The Morgan fingerprint density at radius 3 is 2.74 bits per heavy atom. The van der Waals surface area contributed by atoms with Crippen LogP contribution in [0.1, 0.15) is 36.8 Å². The van der Waals surface area contributed by atoms with Crippen molar-refractivity contribution in [2.75, 3.05) is 19.6 Å². The molecule has 1 heterocycles. The molecule has 1 aliphatic heterocycles. The minimum atomic E-state index is -3.43. The van der Waals surface area contributed by atoms with Crippen molar-refractivity contribution >= 4 is 22.0 Å². The molecule has 5 nitrogen and oxygen atoms in total. The van der Waals surface area contributed by atoms with E-state index in [1.807, 2.05) is 29.2 Å². The van der Waals surface area contributed by atoms with Crippen molar-refractivity contribution in [3.05, 3.63) is 40.3 Å². The molecular formula is C17H22N2O3S. The lowest BCUT2D eigenvalue weighted by Gasteiger charge is -2.18. The Balaban J connectivity index is 1.55. The maximum Gasteiger partial charge on any atom is 0.236 e. The van der Waals surface area contributed by atoms with Crippen molar-refractivity contribution in [1.29, 1.82) is 0 Å². The average molecular weight is 334 g/mol. The first-order valence-electron chi connectivity index (χ1n) is 8.12. The van der Waals surface area contributed by atoms with Gasteiger partial charge in [-0.05, 0) is 42.9 Å². The molecule has 3 rings (SSSR count). The van der Waals surface area contributed by atoms with Gasteiger partial charge in [-0.15, -0.1) is 0 Å². The van der Waals surface area contributed by atoms with Crippen LogP contribution in [0, 0.1) is 0 Å². The number of benzene rings is 1. The molecule has 0 spiro atoms. The molecule has 124 valence electrons. The number of carbonyl (C=O) groups is 1. The molecular weight excluding hydrogens is 312 g/mol. The van der Waals surface area contributed by atoms with Crippen LogP contribution in [0.4, 0.5) is 0 Å². The highest BCUT2D eigenvalue weighted by Crippen LogP contribution is 2.26. The Morgan fingerprint density at radius 2 is 1.96 bits per heavy atom. The van der Waals surface area contributed by atoms with Crippen molar-refractivity contribution in [3.8, 4) is 0 Å². The lowest BCUT2D eigenvalue weighted by Crippen LogP contribution is -2.31. The molecule has 1 N–H and O–H groups in total. The molecule has 0 aromatic heterocycles. The molecule has 1 aromatic rings. The van der Waals surface area contributed by atoms with Crippen LogP contribution in [-0.2, 0) is 21.2 Å². The molecule has 1 aliphatic carbocycles. The number of hydrogen-bond acceptors (Lipinski definition) is 3. The standard InChI is InChI=1S/C17H22N2O3S/c20-17-7-3-11-19(17)12-4-10-18-23(21,22)16-9-8-14-5-1-2-6-15(14)13-16/h1-2,5-6,13,18H,3-4,7-12H2. The second-order valence-corrected chi connectivity index (χ2v) is 7.87. The Labute approximate surface area is 137 Å². The summed E-state index contributed by atoms with van der Waals surface area (Å²) in [7, 11) is -3.43. The summed E-state index contributed by atoms with van der Waals surface area (Å²) in [5, 5.41) is 0. The van der Waals surface area contributed by atoms with E-state index < -0.39 is 10.0 Å². The Morgan fingerprint density at radius 1 is 1.13 bits per heavy atom. The van der Waals surface area contributed by atoms with Crippen LogP contribution in [0.25, 0.3) is 6.08 Å². The fourth-order valence-electron chi connectivity index (χ4n) is 3.13. The van der Waals surface area contributed by atoms with Gasteiger partial charge < -0.3 is 4.90 Å². The molecule has 1 fully saturated rings. The number of nitrogens with zero attached hydrogens (tertiary/aromatic N) is 1. The largest absolute Gasteiger partial charge is 0.343 e. The zero-order valence-electron chi connectivity index (χ0n) is 13.1. The van der Waals surface area contributed by atoms with Crippen molar-refractivity contribution < 1.29 is 13.2 Å². The van der Waals surface area contributed by atoms with E-state index in [4.69, 9.17) is 0 Å². The number of aryl methyl sites for hydroxylation is 1. The maximum absolute atomic E-state index is 12.4. The van der Waals surface area contributed by atoms with Gasteiger partial charge in [0.15, 0.2) is 0 Å². The van der Waals surface area contributed by atoms with Gasteiger partial charge in [-0.25, -0.2) is 13.1 Å². The minimum absolute atomic E-state index is 0.180. The summed E-state index contributed by atoms with van der Waals surface area (Å²) < 4.78 is 27.5. The van der Waals surface area contributed by atoms with E-state index in [-0.39, 0.29) is 5.91 Å². The molecule has 23 heavy (non-hydrogen) atoms. The second kappa shape index (κ2) is 6.84. The van der Waals surface area contributed by atoms with E-state index in [0.717, 1.165) is 24.9 Å². The van der Waals surface area contributed by atoms with Gasteiger partial charge in [-0.2, -0.15) is 0 Å². The predicted molar refractivity (Wildman–Crippen MR) is 90.1 cm³/mol. The summed E-state index contributed by atoms with van der Waals surface area (Å²) >= 11 is 0. The van der Waals surface area contributed by atoms with Crippen molar-refractivity contribution in [1.82, 2.24) is 9.62 Å². The number of fused-ring (bicyclic) bond motifs is 1. The summed E-state index contributed by atoms with van der Waals surface area (Å²) in [5.41, 5.74) is 2.18. The molecule has 0 saturated carbocycles. The highest BCUT2D eigenvalue weighted by Gasteiger charge is 2.22. The third kappa shape index (κ3) is 3.82. The number of hydrogen-bond donors (Lipinski definition) is 1. The SMILES string of the molecule is O=C1CCCN1CCCNS(=O)(=O)C1=Cc2ccccc2CC1. The first-order chi connectivity index (χ1) is 11.1. The summed E-state index contributed by atoms with van der Waals surface area (Å²) in [6.45, 7) is 1.79. The number of likely N-dealkylation sites (tertiary alicyclic amines) is 1. The topological polar surface area (TPSA) is 66.5 Å². The van der Waals surface area contributed by atoms with Crippen molar-refractivity contribution in [2.24, 2.45) is 0 Å². The van der Waals surface area contributed by atoms with Gasteiger partial charge in [0.05, 0.1) is 4.91 Å². The Bertz CT molecular complexity index is 725. The van der Waals surface area contributed by atoms with Gasteiger partial charge in [-0.3, -0.25) is 4.79 Å². The highest BCUT2D eigenvalue weighted by molar-refractivity contribution is 7.93. The van der Waals surface area contributed by atoms with Crippen LogP contribution < -0.4 is 4.72 Å². The zero-order chi connectivity index (χ0) is 16.3. The van der Waals surface area contributed by atoms with E-state index in [0.29, 0.717) is 37.3 Å². The van der Waals surface area contributed by atoms with Crippen LogP contribution in [0.5, 0.6) is 0 Å². The molecule has 0 atom stereocenters. The van der Waals surface area contributed by atoms with Crippen molar-refractivity contribution in [3.63, 3.8) is 0 Å². The Kier molecular flexibility index (Phi) is 4.82. The molecule has 1 aromatic carbocycles. The van der Waals surface area contributed by atoms with E-state index in [2.05, 4.69) is 4.72 Å². The number of sulfonamides is 1. The van der Waals surface area contributed by atoms with E-state index in [1.54, 1.807) is 6.08 Å². The number of allylic oxidation sites excluding steroid dienone is 1. The molecule has 1 amide bonds. The first kappa shape index (κ1) is 16.2.